The molecule has 1 fully saturated rings. The maximum absolute atomic E-state index is 12.2. The Bertz CT molecular complexity index is 490. The van der Waals surface area contributed by atoms with Crippen molar-refractivity contribution in [1.82, 2.24) is 10.9 Å². The van der Waals surface area contributed by atoms with Gasteiger partial charge < -0.3 is 0 Å². The molecule has 1 aliphatic carbocycles. The SMILES string of the molecule is C=CCC1(NNC(=O)c2ccc(Cl)cc2)CCC(C)CC1. The maximum atomic E-state index is 12.2. The summed E-state index contributed by atoms with van der Waals surface area (Å²) < 4.78 is 0. The highest BCUT2D eigenvalue weighted by Gasteiger charge is 2.33. The van der Waals surface area contributed by atoms with Crippen LogP contribution in [0.1, 0.15) is 49.4 Å². The first kappa shape index (κ1) is 16.1. The zero-order chi connectivity index (χ0) is 15.3. The van der Waals surface area contributed by atoms with Crippen LogP contribution in [0.15, 0.2) is 36.9 Å². The van der Waals surface area contributed by atoms with E-state index in [0.29, 0.717) is 10.6 Å². The normalized spacial score (nSPS) is 25.3. The first-order chi connectivity index (χ1) is 10.0. The smallest absolute Gasteiger partial charge is 0.265 e. The molecular weight excluding hydrogens is 284 g/mol. The molecule has 1 aliphatic rings. The predicted octanol–water partition coefficient (Wildman–Crippen LogP) is 4.10. The predicted molar refractivity (Wildman–Crippen MR) is 87.2 cm³/mol. The molecule has 0 aliphatic heterocycles. The lowest BCUT2D eigenvalue weighted by molar-refractivity contribution is 0.0873. The third-order valence-electron chi connectivity index (χ3n) is 4.31. The van der Waals surface area contributed by atoms with Gasteiger partial charge in [-0.25, -0.2) is 5.43 Å². The molecule has 0 saturated heterocycles. The number of hydrogen-bond acceptors (Lipinski definition) is 2. The Labute approximate surface area is 131 Å². The minimum absolute atomic E-state index is 0.0592. The van der Waals surface area contributed by atoms with Crippen LogP contribution in [0.2, 0.25) is 5.02 Å². The highest BCUT2D eigenvalue weighted by atomic mass is 35.5. The van der Waals surface area contributed by atoms with E-state index in [1.54, 1.807) is 24.3 Å². The van der Waals surface area contributed by atoms with E-state index in [9.17, 15) is 4.79 Å². The molecule has 114 valence electrons. The highest BCUT2D eigenvalue weighted by Crippen LogP contribution is 2.34. The van der Waals surface area contributed by atoms with Crippen molar-refractivity contribution in [2.24, 2.45) is 5.92 Å². The number of hydrogen-bond donors (Lipinski definition) is 2. The van der Waals surface area contributed by atoms with Crippen LogP contribution in [-0.4, -0.2) is 11.4 Å². The second-order valence-electron chi connectivity index (χ2n) is 6.04. The molecule has 1 amide bonds. The monoisotopic (exact) mass is 306 g/mol. The van der Waals surface area contributed by atoms with Gasteiger partial charge in [0.05, 0.1) is 0 Å². The summed E-state index contributed by atoms with van der Waals surface area (Å²) in [4.78, 5) is 12.2. The van der Waals surface area contributed by atoms with Crippen LogP contribution in [-0.2, 0) is 0 Å². The Kier molecular flexibility index (Phi) is 5.43. The standard InChI is InChI=1S/C17H23ClN2O/c1-3-10-17(11-8-13(2)9-12-17)20-19-16(21)14-4-6-15(18)7-5-14/h3-7,13,20H,1,8-12H2,2H3,(H,19,21). The van der Waals surface area contributed by atoms with Crippen molar-refractivity contribution >= 4 is 17.5 Å². The number of carbonyl (C=O) groups excluding carboxylic acids is 1. The van der Waals surface area contributed by atoms with Gasteiger partial charge in [-0.3, -0.25) is 10.2 Å². The third-order valence-corrected chi connectivity index (χ3v) is 4.57. The Balaban J connectivity index is 1.96. The summed E-state index contributed by atoms with van der Waals surface area (Å²) >= 11 is 5.83. The van der Waals surface area contributed by atoms with Crippen molar-refractivity contribution in [1.29, 1.82) is 0 Å². The zero-order valence-corrected chi connectivity index (χ0v) is 13.2. The highest BCUT2D eigenvalue weighted by molar-refractivity contribution is 6.30. The van der Waals surface area contributed by atoms with Gasteiger partial charge in [0.25, 0.3) is 5.91 Å². The van der Waals surface area contributed by atoms with Gasteiger partial charge in [0.2, 0.25) is 0 Å². The van der Waals surface area contributed by atoms with E-state index in [2.05, 4.69) is 24.4 Å². The number of halogens is 1. The van der Waals surface area contributed by atoms with E-state index < -0.39 is 0 Å². The van der Waals surface area contributed by atoms with Gasteiger partial charge in [0.15, 0.2) is 0 Å². The second-order valence-corrected chi connectivity index (χ2v) is 6.48. The molecule has 0 spiro atoms. The van der Waals surface area contributed by atoms with Crippen LogP contribution < -0.4 is 10.9 Å². The topological polar surface area (TPSA) is 41.1 Å². The van der Waals surface area contributed by atoms with E-state index in [0.717, 1.165) is 25.2 Å². The fraction of sp³-hybridized carbons (Fsp3) is 0.471. The van der Waals surface area contributed by atoms with Crippen LogP contribution in [0.3, 0.4) is 0 Å². The average Bonchev–Trinajstić information content (AvgIpc) is 2.49. The molecule has 1 aromatic rings. The molecule has 0 heterocycles. The first-order valence-electron chi connectivity index (χ1n) is 7.49. The van der Waals surface area contributed by atoms with Gasteiger partial charge in [0, 0.05) is 16.1 Å². The Morgan fingerprint density at radius 2 is 2.00 bits per heavy atom. The van der Waals surface area contributed by atoms with Crippen LogP contribution in [0.5, 0.6) is 0 Å². The van der Waals surface area contributed by atoms with E-state index in [4.69, 9.17) is 11.6 Å². The number of benzene rings is 1. The molecule has 0 radical (unpaired) electrons. The third kappa shape index (κ3) is 4.32. The summed E-state index contributed by atoms with van der Waals surface area (Å²) in [6, 6.07) is 6.89. The van der Waals surface area contributed by atoms with Gasteiger partial charge in [0.1, 0.15) is 0 Å². The van der Waals surface area contributed by atoms with Crippen LogP contribution in [0.25, 0.3) is 0 Å². The van der Waals surface area contributed by atoms with Crippen molar-refractivity contribution in [3.63, 3.8) is 0 Å². The van der Waals surface area contributed by atoms with E-state index >= 15 is 0 Å². The van der Waals surface area contributed by atoms with E-state index in [-0.39, 0.29) is 11.4 Å². The quantitative estimate of drug-likeness (QED) is 0.635. The van der Waals surface area contributed by atoms with E-state index in [1.165, 1.54) is 12.8 Å². The number of hydrazine groups is 1. The van der Waals surface area contributed by atoms with E-state index in [1.807, 2.05) is 6.08 Å². The van der Waals surface area contributed by atoms with Crippen LogP contribution in [0, 0.1) is 5.92 Å². The molecular formula is C17H23ClN2O. The molecule has 0 aromatic heterocycles. The molecule has 3 nitrogen and oxygen atoms in total. The van der Waals surface area contributed by atoms with Gasteiger partial charge in [-0.05, 0) is 62.3 Å². The molecule has 1 aromatic carbocycles. The number of rotatable bonds is 5. The summed E-state index contributed by atoms with van der Waals surface area (Å²) in [5, 5.41) is 0.629. The van der Waals surface area contributed by atoms with Crippen molar-refractivity contribution in [3.8, 4) is 0 Å². The molecule has 0 unspecified atom stereocenters. The Hall–Kier alpha value is -1.32. The zero-order valence-electron chi connectivity index (χ0n) is 12.5. The van der Waals surface area contributed by atoms with Gasteiger partial charge in [-0.1, -0.05) is 24.6 Å². The lowest BCUT2D eigenvalue weighted by Gasteiger charge is -2.39. The van der Waals surface area contributed by atoms with Gasteiger partial charge in [-0.15, -0.1) is 6.58 Å². The number of amides is 1. The van der Waals surface area contributed by atoms with Crippen molar-refractivity contribution < 1.29 is 4.79 Å². The largest absolute Gasteiger partial charge is 0.287 e. The lowest BCUT2D eigenvalue weighted by atomic mass is 9.76. The molecule has 21 heavy (non-hydrogen) atoms. The minimum atomic E-state index is -0.131. The minimum Gasteiger partial charge on any atom is -0.287 e. The molecule has 0 bridgehead atoms. The first-order valence-corrected chi connectivity index (χ1v) is 7.86. The summed E-state index contributed by atoms with van der Waals surface area (Å²) in [6.07, 6.45) is 7.26. The van der Waals surface area contributed by atoms with Crippen molar-refractivity contribution in [3.05, 3.63) is 47.5 Å². The van der Waals surface area contributed by atoms with Crippen molar-refractivity contribution in [2.45, 2.75) is 44.6 Å². The second kappa shape index (κ2) is 7.10. The summed E-state index contributed by atoms with van der Waals surface area (Å²) in [5.41, 5.74) is 6.66. The van der Waals surface area contributed by atoms with Crippen molar-refractivity contribution in [2.75, 3.05) is 0 Å². The average molecular weight is 307 g/mol. The summed E-state index contributed by atoms with van der Waals surface area (Å²) in [7, 11) is 0. The number of nitrogens with one attached hydrogen (secondary N) is 2. The number of carbonyl (C=O) groups is 1. The van der Waals surface area contributed by atoms with Gasteiger partial charge >= 0.3 is 0 Å². The van der Waals surface area contributed by atoms with Gasteiger partial charge in [-0.2, -0.15) is 0 Å². The molecule has 1 saturated carbocycles. The fourth-order valence-corrected chi connectivity index (χ4v) is 2.96. The Morgan fingerprint density at radius 3 is 2.57 bits per heavy atom. The molecule has 4 heteroatoms. The fourth-order valence-electron chi connectivity index (χ4n) is 2.83. The van der Waals surface area contributed by atoms with Crippen LogP contribution in [0.4, 0.5) is 0 Å². The molecule has 2 N–H and O–H groups in total. The maximum Gasteiger partial charge on any atom is 0.265 e. The molecule has 0 atom stereocenters. The lowest BCUT2D eigenvalue weighted by Crippen LogP contribution is -2.55. The van der Waals surface area contributed by atoms with Crippen LogP contribution >= 0.6 is 11.6 Å². The molecule has 2 rings (SSSR count). The summed E-state index contributed by atoms with van der Waals surface area (Å²) in [5.74, 6) is 0.630. The Morgan fingerprint density at radius 1 is 1.38 bits per heavy atom. The summed E-state index contributed by atoms with van der Waals surface area (Å²) in [6.45, 7) is 6.13.